The van der Waals surface area contributed by atoms with E-state index in [1.165, 1.54) is 12.1 Å². The highest BCUT2D eigenvalue weighted by Crippen LogP contribution is 2.27. The number of aryl methyl sites for hydroxylation is 1. The summed E-state index contributed by atoms with van der Waals surface area (Å²) >= 11 is 0. The predicted molar refractivity (Wildman–Crippen MR) is 87.0 cm³/mol. The standard InChI is InChI=1S/C18H20F2N2O/c1-13-6-7-15(19)18(17(13)20)23-12-14-4-2-3-5-16(14)22-10-8-21-9-11-22/h2-7,21H,8-12H2,1H3. The molecule has 0 bridgehead atoms. The minimum absolute atomic E-state index is 0.136. The number of para-hydroxylation sites is 1. The van der Waals surface area contributed by atoms with Crippen LogP contribution in [0.4, 0.5) is 14.5 Å². The molecular formula is C18H20F2N2O. The van der Waals surface area contributed by atoms with Gasteiger partial charge >= 0.3 is 0 Å². The van der Waals surface area contributed by atoms with E-state index in [2.05, 4.69) is 10.2 Å². The van der Waals surface area contributed by atoms with Gasteiger partial charge in [0.2, 0.25) is 0 Å². The van der Waals surface area contributed by atoms with Crippen LogP contribution in [0.1, 0.15) is 11.1 Å². The van der Waals surface area contributed by atoms with Crippen LogP contribution in [0.15, 0.2) is 36.4 Å². The van der Waals surface area contributed by atoms with E-state index < -0.39 is 11.6 Å². The zero-order valence-corrected chi connectivity index (χ0v) is 13.1. The minimum Gasteiger partial charge on any atom is -0.483 e. The lowest BCUT2D eigenvalue weighted by atomic mass is 10.1. The van der Waals surface area contributed by atoms with Gasteiger partial charge in [-0.2, -0.15) is 0 Å². The lowest BCUT2D eigenvalue weighted by molar-refractivity contribution is 0.273. The lowest BCUT2D eigenvalue weighted by Crippen LogP contribution is -2.43. The molecule has 0 unspecified atom stereocenters. The Hall–Kier alpha value is -2.14. The molecule has 0 aliphatic carbocycles. The zero-order chi connectivity index (χ0) is 16.2. The fourth-order valence-corrected chi connectivity index (χ4v) is 2.76. The molecule has 23 heavy (non-hydrogen) atoms. The fourth-order valence-electron chi connectivity index (χ4n) is 2.76. The third-order valence-corrected chi connectivity index (χ3v) is 4.06. The average molecular weight is 318 g/mol. The van der Waals surface area contributed by atoms with E-state index in [4.69, 9.17) is 4.74 Å². The molecule has 3 nitrogen and oxygen atoms in total. The van der Waals surface area contributed by atoms with E-state index in [9.17, 15) is 8.78 Å². The number of anilines is 1. The number of halogens is 2. The normalized spacial score (nSPS) is 14.8. The number of hydrogen-bond acceptors (Lipinski definition) is 3. The molecule has 0 atom stereocenters. The first-order valence-corrected chi connectivity index (χ1v) is 7.78. The third kappa shape index (κ3) is 3.45. The van der Waals surface area contributed by atoms with Crippen LogP contribution in [0, 0.1) is 18.6 Å². The van der Waals surface area contributed by atoms with Crippen molar-refractivity contribution in [3.63, 3.8) is 0 Å². The van der Waals surface area contributed by atoms with Gasteiger partial charge in [-0.25, -0.2) is 8.78 Å². The van der Waals surface area contributed by atoms with Gasteiger partial charge < -0.3 is 15.0 Å². The molecule has 1 aliphatic rings. The monoisotopic (exact) mass is 318 g/mol. The summed E-state index contributed by atoms with van der Waals surface area (Å²) < 4.78 is 33.3. The number of nitrogens with one attached hydrogen (secondary N) is 1. The molecule has 2 aromatic carbocycles. The highest BCUT2D eigenvalue weighted by Gasteiger charge is 2.16. The summed E-state index contributed by atoms with van der Waals surface area (Å²) in [5.74, 6) is -1.61. The van der Waals surface area contributed by atoms with Crippen molar-refractivity contribution in [2.75, 3.05) is 31.1 Å². The third-order valence-electron chi connectivity index (χ3n) is 4.06. The Morgan fingerprint density at radius 2 is 1.83 bits per heavy atom. The van der Waals surface area contributed by atoms with Crippen LogP contribution >= 0.6 is 0 Å². The largest absolute Gasteiger partial charge is 0.483 e. The molecule has 3 rings (SSSR count). The highest BCUT2D eigenvalue weighted by molar-refractivity contribution is 5.54. The lowest BCUT2D eigenvalue weighted by Gasteiger charge is -2.31. The van der Waals surface area contributed by atoms with Gasteiger partial charge in [0.1, 0.15) is 6.61 Å². The SMILES string of the molecule is Cc1ccc(F)c(OCc2ccccc2N2CCNCC2)c1F. The maximum Gasteiger partial charge on any atom is 0.191 e. The summed E-state index contributed by atoms with van der Waals surface area (Å²) in [6.45, 7) is 5.40. The smallest absolute Gasteiger partial charge is 0.191 e. The Bertz CT molecular complexity index is 685. The van der Waals surface area contributed by atoms with Crippen LogP contribution in [0.5, 0.6) is 5.75 Å². The number of ether oxygens (including phenoxy) is 1. The van der Waals surface area contributed by atoms with E-state index >= 15 is 0 Å². The Balaban J connectivity index is 1.80. The van der Waals surface area contributed by atoms with Gasteiger partial charge in [-0.1, -0.05) is 24.3 Å². The van der Waals surface area contributed by atoms with Crippen LogP contribution in [-0.2, 0) is 6.61 Å². The average Bonchev–Trinajstić information content (AvgIpc) is 2.59. The van der Waals surface area contributed by atoms with Crippen molar-refractivity contribution in [3.8, 4) is 5.75 Å². The molecule has 1 fully saturated rings. The van der Waals surface area contributed by atoms with Gasteiger partial charge in [0.25, 0.3) is 0 Å². The second kappa shape index (κ2) is 6.96. The maximum absolute atomic E-state index is 14.0. The van der Waals surface area contributed by atoms with Crippen molar-refractivity contribution >= 4 is 5.69 Å². The van der Waals surface area contributed by atoms with Gasteiger partial charge in [0.05, 0.1) is 0 Å². The maximum atomic E-state index is 14.0. The van der Waals surface area contributed by atoms with Crippen molar-refractivity contribution in [1.29, 1.82) is 0 Å². The molecule has 1 N–H and O–H groups in total. The molecule has 122 valence electrons. The van der Waals surface area contributed by atoms with Gasteiger partial charge in [-0.15, -0.1) is 0 Å². The molecule has 0 radical (unpaired) electrons. The molecule has 1 heterocycles. The molecule has 0 saturated carbocycles. The minimum atomic E-state index is -0.673. The number of nitrogens with zero attached hydrogens (tertiary/aromatic N) is 1. The Labute approximate surface area is 134 Å². The van der Waals surface area contributed by atoms with Crippen LogP contribution < -0.4 is 15.0 Å². The number of hydrogen-bond donors (Lipinski definition) is 1. The topological polar surface area (TPSA) is 24.5 Å². The molecule has 1 saturated heterocycles. The van der Waals surface area contributed by atoms with E-state index in [0.29, 0.717) is 5.56 Å². The van der Waals surface area contributed by atoms with Crippen LogP contribution in [-0.4, -0.2) is 26.2 Å². The second-order valence-corrected chi connectivity index (χ2v) is 5.66. The zero-order valence-electron chi connectivity index (χ0n) is 13.1. The number of rotatable bonds is 4. The summed E-state index contributed by atoms with van der Waals surface area (Å²) in [5.41, 5.74) is 2.36. The predicted octanol–water partition coefficient (Wildman–Crippen LogP) is 3.26. The highest BCUT2D eigenvalue weighted by atomic mass is 19.1. The fraction of sp³-hybridized carbons (Fsp3) is 0.333. The Morgan fingerprint density at radius 1 is 1.09 bits per heavy atom. The molecule has 0 amide bonds. The first-order valence-electron chi connectivity index (χ1n) is 7.78. The van der Waals surface area contributed by atoms with E-state index in [1.807, 2.05) is 24.3 Å². The molecular weight excluding hydrogens is 298 g/mol. The van der Waals surface area contributed by atoms with Crippen LogP contribution in [0.25, 0.3) is 0 Å². The summed E-state index contributed by atoms with van der Waals surface area (Å²) in [7, 11) is 0. The van der Waals surface area contributed by atoms with Crippen LogP contribution in [0.2, 0.25) is 0 Å². The first-order chi connectivity index (χ1) is 11.2. The van der Waals surface area contributed by atoms with E-state index in [-0.39, 0.29) is 12.4 Å². The quantitative estimate of drug-likeness (QED) is 0.936. The van der Waals surface area contributed by atoms with Crippen LogP contribution in [0.3, 0.4) is 0 Å². The van der Waals surface area contributed by atoms with Gasteiger partial charge in [-0.05, 0) is 24.6 Å². The summed E-state index contributed by atoms with van der Waals surface area (Å²) in [5, 5.41) is 3.31. The Kier molecular flexibility index (Phi) is 4.76. The number of piperazine rings is 1. The van der Waals surface area contributed by atoms with Crippen molar-refractivity contribution in [2.24, 2.45) is 0 Å². The van der Waals surface area contributed by atoms with Crippen molar-refractivity contribution in [1.82, 2.24) is 5.32 Å². The number of benzene rings is 2. The van der Waals surface area contributed by atoms with Gasteiger partial charge in [0, 0.05) is 37.4 Å². The second-order valence-electron chi connectivity index (χ2n) is 5.66. The van der Waals surface area contributed by atoms with E-state index in [1.54, 1.807) is 6.92 Å². The van der Waals surface area contributed by atoms with E-state index in [0.717, 1.165) is 37.4 Å². The summed E-state index contributed by atoms with van der Waals surface area (Å²) in [6.07, 6.45) is 0. The van der Waals surface area contributed by atoms with Gasteiger partial charge in [0.15, 0.2) is 17.4 Å². The summed E-state index contributed by atoms with van der Waals surface area (Å²) in [6, 6.07) is 10.5. The Morgan fingerprint density at radius 3 is 2.61 bits per heavy atom. The van der Waals surface area contributed by atoms with Crippen molar-refractivity contribution < 1.29 is 13.5 Å². The molecule has 5 heteroatoms. The molecule has 0 spiro atoms. The first kappa shape index (κ1) is 15.7. The van der Waals surface area contributed by atoms with Crippen molar-refractivity contribution in [3.05, 3.63) is 59.2 Å². The van der Waals surface area contributed by atoms with Gasteiger partial charge in [-0.3, -0.25) is 0 Å². The molecule has 2 aromatic rings. The van der Waals surface area contributed by atoms with Crippen molar-refractivity contribution in [2.45, 2.75) is 13.5 Å². The molecule has 0 aromatic heterocycles. The summed E-state index contributed by atoms with van der Waals surface area (Å²) in [4.78, 5) is 2.26. The molecule has 1 aliphatic heterocycles.